The third-order valence-electron chi connectivity index (χ3n) is 4.90. The summed E-state index contributed by atoms with van der Waals surface area (Å²) in [4.78, 5) is 16.5. The normalized spacial score (nSPS) is 15.6. The van der Waals surface area contributed by atoms with Crippen LogP contribution in [-0.4, -0.2) is 11.9 Å². The van der Waals surface area contributed by atoms with E-state index in [9.17, 15) is 4.79 Å². The number of rotatable bonds is 6. The molecule has 0 spiro atoms. The molecule has 0 aromatic heterocycles. The molecule has 0 radical (unpaired) electrons. The van der Waals surface area contributed by atoms with Gasteiger partial charge in [0.25, 0.3) is 0 Å². The van der Waals surface area contributed by atoms with E-state index in [0.717, 1.165) is 36.1 Å². The predicted octanol–water partition coefficient (Wildman–Crippen LogP) is 4.90. The van der Waals surface area contributed by atoms with Crippen molar-refractivity contribution < 1.29 is 4.79 Å². The standard InChI is InChI=1S/C21H24Cl2N4O/c1-13(18-9-8-16(22)11-19(18)23)26-21(24)25-12-14-4-2-7-17(10-14)27-20(28)15-5-3-6-15/h2,4,7-11,13,15H,3,5-6,12H2,1H3,(H,27,28)(H3,24,25,26). The SMILES string of the molecule is CC(NC(N)=NCc1cccc(NC(=O)C2CCC2)c1)c1ccc(Cl)cc1Cl. The summed E-state index contributed by atoms with van der Waals surface area (Å²) < 4.78 is 0. The highest BCUT2D eigenvalue weighted by molar-refractivity contribution is 6.35. The van der Waals surface area contributed by atoms with E-state index in [2.05, 4.69) is 15.6 Å². The van der Waals surface area contributed by atoms with Crippen molar-refractivity contribution in [2.75, 3.05) is 5.32 Å². The maximum absolute atomic E-state index is 12.1. The quantitative estimate of drug-likeness (QED) is 0.460. The number of carbonyl (C=O) groups excluding carboxylic acids is 1. The van der Waals surface area contributed by atoms with Crippen LogP contribution < -0.4 is 16.4 Å². The molecular formula is C21H24Cl2N4O. The lowest BCUT2D eigenvalue weighted by atomic mass is 9.85. The number of hydrogen-bond donors (Lipinski definition) is 3. The lowest BCUT2D eigenvalue weighted by Gasteiger charge is -2.24. The van der Waals surface area contributed by atoms with E-state index in [0.29, 0.717) is 22.5 Å². The van der Waals surface area contributed by atoms with Crippen LogP contribution in [0.2, 0.25) is 10.0 Å². The summed E-state index contributed by atoms with van der Waals surface area (Å²) in [7, 11) is 0. The van der Waals surface area contributed by atoms with Gasteiger partial charge in [0.2, 0.25) is 5.91 Å². The van der Waals surface area contributed by atoms with Gasteiger partial charge >= 0.3 is 0 Å². The van der Waals surface area contributed by atoms with Gasteiger partial charge in [0.15, 0.2) is 5.96 Å². The van der Waals surface area contributed by atoms with Gasteiger partial charge in [-0.05, 0) is 55.2 Å². The Morgan fingerprint density at radius 1 is 1.25 bits per heavy atom. The zero-order valence-electron chi connectivity index (χ0n) is 15.7. The van der Waals surface area contributed by atoms with E-state index in [1.54, 1.807) is 12.1 Å². The first-order valence-corrected chi connectivity index (χ1v) is 10.1. The van der Waals surface area contributed by atoms with Crippen molar-refractivity contribution in [3.63, 3.8) is 0 Å². The van der Waals surface area contributed by atoms with Gasteiger partial charge < -0.3 is 16.4 Å². The van der Waals surface area contributed by atoms with Crippen LogP contribution in [-0.2, 0) is 11.3 Å². The van der Waals surface area contributed by atoms with Gasteiger partial charge in [-0.3, -0.25) is 4.79 Å². The van der Waals surface area contributed by atoms with Crippen LogP contribution in [0.4, 0.5) is 5.69 Å². The average Bonchev–Trinajstić information content (AvgIpc) is 2.58. The molecule has 1 aliphatic carbocycles. The number of guanidine groups is 1. The highest BCUT2D eigenvalue weighted by Crippen LogP contribution is 2.28. The first kappa shape index (κ1) is 20.5. The first-order valence-electron chi connectivity index (χ1n) is 9.33. The molecule has 4 N–H and O–H groups in total. The Labute approximate surface area is 175 Å². The molecule has 2 aromatic carbocycles. The van der Waals surface area contributed by atoms with Crippen LogP contribution in [0.5, 0.6) is 0 Å². The molecule has 148 valence electrons. The van der Waals surface area contributed by atoms with Crippen molar-refractivity contribution >= 4 is 40.8 Å². The molecule has 7 heteroatoms. The van der Waals surface area contributed by atoms with Gasteiger partial charge in [0.1, 0.15) is 0 Å². The van der Waals surface area contributed by atoms with E-state index < -0.39 is 0 Å². The molecule has 0 heterocycles. The molecule has 1 fully saturated rings. The molecule has 1 unspecified atom stereocenters. The van der Waals surface area contributed by atoms with E-state index in [1.807, 2.05) is 37.3 Å². The molecule has 28 heavy (non-hydrogen) atoms. The van der Waals surface area contributed by atoms with Crippen molar-refractivity contribution in [2.45, 2.75) is 38.8 Å². The highest BCUT2D eigenvalue weighted by atomic mass is 35.5. The molecule has 0 bridgehead atoms. The number of nitrogens with two attached hydrogens (primary N) is 1. The molecule has 1 amide bonds. The van der Waals surface area contributed by atoms with E-state index in [4.69, 9.17) is 28.9 Å². The van der Waals surface area contributed by atoms with Crippen LogP contribution in [0.25, 0.3) is 0 Å². The van der Waals surface area contributed by atoms with E-state index in [-0.39, 0.29) is 17.9 Å². The number of aliphatic imine (C=N–C) groups is 1. The van der Waals surface area contributed by atoms with Crippen molar-refractivity contribution in [2.24, 2.45) is 16.6 Å². The number of halogens is 2. The Bertz CT molecular complexity index is 880. The van der Waals surface area contributed by atoms with Gasteiger partial charge in [0, 0.05) is 21.7 Å². The summed E-state index contributed by atoms with van der Waals surface area (Å²) >= 11 is 12.2. The third kappa shape index (κ3) is 5.40. The molecule has 3 rings (SSSR count). The van der Waals surface area contributed by atoms with E-state index in [1.165, 1.54) is 0 Å². The summed E-state index contributed by atoms with van der Waals surface area (Å²) in [6, 6.07) is 12.9. The fourth-order valence-corrected chi connectivity index (χ4v) is 3.61. The Morgan fingerprint density at radius 2 is 2.04 bits per heavy atom. The summed E-state index contributed by atoms with van der Waals surface area (Å²) in [6.45, 7) is 2.36. The Morgan fingerprint density at radius 3 is 2.71 bits per heavy atom. The largest absolute Gasteiger partial charge is 0.370 e. The fourth-order valence-electron chi connectivity index (χ4n) is 3.04. The number of hydrogen-bond acceptors (Lipinski definition) is 2. The molecule has 5 nitrogen and oxygen atoms in total. The lowest BCUT2D eigenvalue weighted by molar-refractivity contribution is -0.122. The minimum absolute atomic E-state index is 0.0988. The summed E-state index contributed by atoms with van der Waals surface area (Å²) in [5.41, 5.74) is 8.67. The molecule has 1 aliphatic rings. The first-order chi connectivity index (χ1) is 13.4. The zero-order chi connectivity index (χ0) is 20.1. The lowest BCUT2D eigenvalue weighted by Crippen LogP contribution is -2.34. The Kier molecular flexibility index (Phi) is 6.81. The minimum atomic E-state index is -0.110. The molecule has 0 saturated heterocycles. The zero-order valence-corrected chi connectivity index (χ0v) is 17.2. The smallest absolute Gasteiger partial charge is 0.227 e. The summed E-state index contributed by atoms with van der Waals surface area (Å²) in [5.74, 6) is 0.576. The maximum Gasteiger partial charge on any atom is 0.227 e. The van der Waals surface area contributed by atoms with Crippen LogP contribution in [0.1, 0.15) is 43.4 Å². The van der Waals surface area contributed by atoms with Crippen molar-refractivity contribution in [3.8, 4) is 0 Å². The average molecular weight is 419 g/mol. The molecule has 1 atom stereocenters. The van der Waals surface area contributed by atoms with Crippen LogP contribution in [0.3, 0.4) is 0 Å². The molecular weight excluding hydrogens is 395 g/mol. The van der Waals surface area contributed by atoms with Crippen molar-refractivity contribution in [1.29, 1.82) is 0 Å². The maximum atomic E-state index is 12.1. The topological polar surface area (TPSA) is 79.5 Å². The minimum Gasteiger partial charge on any atom is -0.370 e. The van der Waals surface area contributed by atoms with E-state index >= 15 is 0 Å². The molecule has 2 aromatic rings. The summed E-state index contributed by atoms with van der Waals surface area (Å²) in [5, 5.41) is 7.28. The third-order valence-corrected chi connectivity index (χ3v) is 5.46. The predicted molar refractivity (Wildman–Crippen MR) is 116 cm³/mol. The van der Waals surface area contributed by atoms with Crippen molar-refractivity contribution in [1.82, 2.24) is 5.32 Å². The Balaban J connectivity index is 1.58. The number of anilines is 1. The van der Waals surface area contributed by atoms with Gasteiger partial charge in [-0.2, -0.15) is 0 Å². The highest BCUT2D eigenvalue weighted by Gasteiger charge is 2.25. The number of benzene rings is 2. The van der Waals surface area contributed by atoms with Gasteiger partial charge in [-0.1, -0.05) is 47.8 Å². The number of amides is 1. The monoisotopic (exact) mass is 418 g/mol. The second kappa shape index (κ2) is 9.30. The summed E-state index contributed by atoms with van der Waals surface area (Å²) in [6.07, 6.45) is 3.10. The number of nitrogens with zero attached hydrogens (tertiary/aromatic N) is 1. The molecule has 0 aliphatic heterocycles. The second-order valence-corrected chi connectivity index (χ2v) is 7.89. The van der Waals surface area contributed by atoms with Crippen LogP contribution in [0, 0.1) is 5.92 Å². The fraction of sp³-hybridized carbons (Fsp3) is 0.333. The van der Waals surface area contributed by atoms with Crippen LogP contribution >= 0.6 is 23.2 Å². The van der Waals surface area contributed by atoms with Gasteiger partial charge in [-0.15, -0.1) is 0 Å². The second-order valence-electron chi connectivity index (χ2n) is 7.05. The number of carbonyl (C=O) groups is 1. The molecule has 1 saturated carbocycles. The Hall–Kier alpha value is -2.24. The van der Waals surface area contributed by atoms with Gasteiger partial charge in [0.05, 0.1) is 12.6 Å². The van der Waals surface area contributed by atoms with Crippen molar-refractivity contribution in [3.05, 3.63) is 63.6 Å². The van der Waals surface area contributed by atoms with Gasteiger partial charge in [-0.25, -0.2) is 4.99 Å². The number of nitrogens with one attached hydrogen (secondary N) is 2. The van der Waals surface area contributed by atoms with Crippen LogP contribution in [0.15, 0.2) is 47.5 Å².